The molecule has 1 saturated carbocycles. The van der Waals surface area contributed by atoms with Crippen LogP contribution in [0.1, 0.15) is 44.6 Å². The van der Waals surface area contributed by atoms with E-state index in [-0.39, 0.29) is 11.6 Å². The Morgan fingerprint density at radius 1 is 1.24 bits per heavy atom. The maximum atomic E-state index is 14.1. The fraction of sp³-hybridized carbons (Fsp3) is 0.647. The highest BCUT2D eigenvalue weighted by molar-refractivity contribution is 9.10. The molecule has 0 bridgehead atoms. The molecule has 1 aliphatic carbocycles. The van der Waals surface area contributed by atoms with E-state index in [2.05, 4.69) is 28.2 Å². The van der Waals surface area contributed by atoms with Gasteiger partial charge in [0.2, 0.25) is 0 Å². The summed E-state index contributed by atoms with van der Waals surface area (Å²) < 4.78 is 28.4. The molecule has 1 aromatic carbocycles. The average Bonchev–Trinajstić information content (AvgIpc) is 2.52. The molecule has 0 radical (unpaired) electrons. The molecule has 0 heterocycles. The standard InChI is InChI=1S/C17H24BrF2N/c1-3-11-4-6-12(7-5-11)16(21-2)10-13-15(19)9-8-14(18)17(13)20/h8-9,11-12,16,21H,3-7,10H2,1-2H3. The molecule has 1 atom stereocenters. The summed E-state index contributed by atoms with van der Waals surface area (Å²) in [6.45, 7) is 2.24. The lowest BCUT2D eigenvalue weighted by atomic mass is 9.76. The first-order chi connectivity index (χ1) is 10.1. The van der Waals surface area contributed by atoms with Gasteiger partial charge >= 0.3 is 0 Å². The molecule has 1 unspecified atom stereocenters. The third-order valence-corrected chi connectivity index (χ3v) is 5.58. The van der Waals surface area contributed by atoms with Gasteiger partial charge in [0.05, 0.1) is 4.47 Å². The Morgan fingerprint density at radius 3 is 2.48 bits per heavy atom. The normalized spacial score (nSPS) is 24.0. The van der Waals surface area contributed by atoms with Crippen molar-refractivity contribution in [3.05, 3.63) is 33.8 Å². The zero-order valence-electron chi connectivity index (χ0n) is 12.8. The number of hydrogen-bond donors (Lipinski definition) is 1. The van der Waals surface area contributed by atoms with Crippen LogP contribution < -0.4 is 5.32 Å². The smallest absolute Gasteiger partial charge is 0.143 e. The van der Waals surface area contributed by atoms with Crippen LogP contribution >= 0.6 is 15.9 Å². The number of benzene rings is 1. The molecule has 1 aromatic rings. The SMILES string of the molecule is CCC1CCC(C(Cc2c(F)ccc(Br)c2F)NC)CC1. The maximum absolute atomic E-state index is 14.1. The summed E-state index contributed by atoms with van der Waals surface area (Å²) in [5, 5.41) is 3.28. The molecule has 0 saturated heterocycles. The largest absolute Gasteiger partial charge is 0.316 e. The third kappa shape index (κ3) is 4.04. The van der Waals surface area contributed by atoms with E-state index in [0.717, 1.165) is 18.8 Å². The molecule has 1 N–H and O–H groups in total. The molecule has 0 amide bonds. The summed E-state index contributed by atoms with van der Waals surface area (Å²) in [7, 11) is 1.89. The van der Waals surface area contributed by atoms with Crippen molar-refractivity contribution in [3.63, 3.8) is 0 Å². The van der Waals surface area contributed by atoms with Crippen molar-refractivity contribution in [2.75, 3.05) is 7.05 Å². The highest BCUT2D eigenvalue weighted by Crippen LogP contribution is 2.34. The lowest BCUT2D eigenvalue weighted by Gasteiger charge is -2.33. The van der Waals surface area contributed by atoms with E-state index in [9.17, 15) is 8.78 Å². The van der Waals surface area contributed by atoms with Crippen molar-refractivity contribution >= 4 is 15.9 Å². The van der Waals surface area contributed by atoms with Crippen LogP contribution in [0.15, 0.2) is 16.6 Å². The van der Waals surface area contributed by atoms with Gasteiger partial charge in [0, 0.05) is 11.6 Å². The van der Waals surface area contributed by atoms with Crippen LogP contribution in [0.4, 0.5) is 8.78 Å². The van der Waals surface area contributed by atoms with Crippen molar-refractivity contribution < 1.29 is 8.78 Å². The van der Waals surface area contributed by atoms with Crippen molar-refractivity contribution in [1.82, 2.24) is 5.32 Å². The zero-order chi connectivity index (χ0) is 15.4. The van der Waals surface area contributed by atoms with Gasteiger partial charge in [-0.1, -0.05) is 26.2 Å². The van der Waals surface area contributed by atoms with Gasteiger partial charge in [-0.2, -0.15) is 0 Å². The fourth-order valence-electron chi connectivity index (χ4n) is 3.48. The second-order valence-electron chi connectivity index (χ2n) is 6.11. The molecule has 0 aromatic heterocycles. The second kappa shape index (κ2) is 7.68. The first-order valence-electron chi connectivity index (χ1n) is 7.86. The van der Waals surface area contributed by atoms with Crippen LogP contribution in [0.5, 0.6) is 0 Å². The minimum absolute atomic E-state index is 0.140. The molecular weight excluding hydrogens is 336 g/mol. The molecule has 0 spiro atoms. The van der Waals surface area contributed by atoms with E-state index in [1.165, 1.54) is 31.4 Å². The van der Waals surface area contributed by atoms with Gasteiger partial charge in [0.25, 0.3) is 0 Å². The van der Waals surface area contributed by atoms with Gasteiger partial charge in [-0.05, 0) is 66.2 Å². The van der Waals surface area contributed by atoms with Crippen molar-refractivity contribution in [2.24, 2.45) is 11.8 Å². The minimum atomic E-state index is -0.461. The van der Waals surface area contributed by atoms with Gasteiger partial charge in [-0.25, -0.2) is 8.78 Å². The molecule has 118 valence electrons. The van der Waals surface area contributed by atoms with Crippen LogP contribution in [-0.4, -0.2) is 13.1 Å². The molecule has 4 heteroatoms. The van der Waals surface area contributed by atoms with Crippen LogP contribution in [-0.2, 0) is 6.42 Å². The highest BCUT2D eigenvalue weighted by Gasteiger charge is 2.28. The third-order valence-electron chi connectivity index (χ3n) is 4.97. The molecule has 2 rings (SSSR count). The fourth-order valence-corrected chi connectivity index (χ4v) is 3.85. The first-order valence-corrected chi connectivity index (χ1v) is 8.65. The zero-order valence-corrected chi connectivity index (χ0v) is 14.3. The Bertz CT molecular complexity index is 470. The Balaban J connectivity index is 2.08. The Labute approximate surface area is 134 Å². The van der Waals surface area contributed by atoms with Gasteiger partial charge in [0.1, 0.15) is 11.6 Å². The molecule has 1 aliphatic rings. The second-order valence-corrected chi connectivity index (χ2v) is 6.96. The van der Waals surface area contributed by atoms with Gasteiger partial charge in [-0.3, -0.25) is 0 Å². The Kier molecular flexibility index (Phi) is 6.18. The maximum Gasteiger partial charge on any atom is 0.143 e. The number of rotatable bonds is 5. The van der Waals surface area contributed by atoms with Crippen molar-refractivity contribution in [2.45, 2.75) is 51.5 Å². The van der Waals surface area contributed by atoms with Crippen LogP contribution in [0.25, 0.3) is 0 Å². The Morgan fingerprint density at radius 2 is 1.90 bits per heavy atom. The average molecular weight is 360 g/mol. The summed E-state index contributed by atoms with van der Waals surface area (Å²) in [6.07, 6.45) is 6.44. The number of halogens is 3. The summed E-state index contributed by atoms with van der Waals surface area (Å²) in [5.41, 5.74) is 0.196. The summed E-state index contributed by atoms with van der Waals surface area (Å²) in [4.78, 5) is 0. The quantitative estimate of drug-likeness (QED) is 0.723. The predicted octanol–water partition coefficient (Wildman–Crippen LogP) is 5.07. The Hall–Kier alpha value is -0.480. The van der Waals surface area contributed by atoms with Gasteiger partial charge < -0.3 is 5.32 Å². The van der Waals surface area contributed by atoms with Gasteiger partial charge in [0.15, 0.2) is 0 Å². The molecule has 0 aliphatic heterocycles. The lowest BCUT2D eigenvalue weighted by molar-refractivity contribution is 0.220. The van der Waals surface area contributed by atoms with Crippen molar-refractivity contribution in [3.8, 4) is 0 Å². The van der Waals surface area contributed by atoms with Crippen LogP contribution in [0.2, 0.25) is 0 Å². The number of nitrogens with one attached hydrogen (secondary N) is 1. The lowest BCUT2D eigenvalue weighted by Crippen LogP contribution is -2.38. The van der Waals surface area contributed by atoms with E-state index in [1.54, 1.807) is 0 Å². The van der Waals surface area contributed by atoms with Crippen molar-refractivity contribution in [1.29, 1.82) is 0 Å². The van der Waals surface area contributed by atoms with E-state index < -0.39 is 11.6 Å². The minimum Gasteiger partial charge on any atom is -0.316 e. The highest BCUT2D eigenvalue weighted by atomic mass is 79.9. The summed E-state index contributed by atoms with van der Waals surface area (Å²) >= 11 is 3.14. The van der Waals surface area contributed by atoms with E-state index in [4.69, 9.17) is 0 Å². The monoisotopic (exact) mass is 359 g/mol. The number of hydrogen-bond acceptors (Lipinski definition) is 1. The molecule has 1 nitrogen and oxygen atoms in total. The predicted molar refractivity (Wildman–Crippen MR) is 86.3 cm³/mol. The number of likely N-dealkylation sites (N-methyl/N-ethyl adjacent to an activating group) is 1. The molecule has 1 fully saturated rings. The van der Waals surface area contributed by atoms with Gasteiger partial charge in [-0.15, -0.1) is 0 Å². The first kappa shape index (κ1) is 16.9. The molecule has 21 heavy (non-hydrogen) atoms. The van der Waals surface area contributed by atoms with E-state index in [1.807, 2.05) is 7.05 Å². The van der Waals surface area contributed by atoms with Crippen LogP contribution in [0, 0.1) is 23.5 Å². The summed E-state index contributed by atoms with van der Waals surface area (Å²) in [6, 6.07) is 2.90. The van der Waals surface area contributed by atoms with E-state index in [0.29, 0.717) is 16.8 Å². The summed E-state index contributed by atoms with van der Waals surface area (Å²) in [5.74, 6) is 0.435. The topological polar surface area (TPSA) is 12.0 Å². The van der Waals surface area contributed by atoms with E-state index >= 15 is 0 Å². The molecular formula is C17H24BrF2N. The van der Waals surface area contributed by atoms with Crippen LogP contribution in [0.3, 0.4) is 0 Å².